The van der Waals surface area contributed by atoms with Crippen LogP contribution in [0.25, 0.3) is 6.08 Å². The summed E-state index contributed by atoms with van der Waals surface area (Å²) in [6.07, 6.45) is 1.48. The molecule has 106 valence electrons. The van der Waals surface area contributed by atoms with Gasteiger partial charge in [0.15, 0.2) is 11.5 Å². The highest BCUT2D eigenvalue weighted by atomic mass is 35.5. The molecule has 1 saturated heterocycles. The molecule has 6 nitrogen and oxygen atoms in total. The number of halogens is 1. The van der Waals surface area contributed by atoms with Gasteiger partial charge in [0, 0.05) is 6.07 Å². The third-order valence-electron chi connectivity index (χ3n) is 2.60. The van der Waals surface area contributed by atoms with Gasteiger partial charge in [-0.15, -0.1) is 0 Å². The van der Waals surface area contributed by atoms with E-state index in [-0.39, 0.29) is 5.70 Å². The van der Waals surface area contributed by atoms with Crippen LogP contribution < -0.4 is 20.1 Å². The average Bonchev–Trinajstić information content (AvgIpc) is 2.71. The van der Waals surface area contributed by atoms with E-state index in [4.69, 9.17) is 21.1 Å². The molecular weight excluding hydrogens is 284 g/mol. The van der Waals surface area contributed by atoms with Gasteiger partial charge in [0.25, 0.3) is 5.91 Å². The Bertz CT molecular complexity index is 598. The van der Waals surface area contributed by atoms with Crippen LogP contribution in [0.15, 0.2) is 17.8 Å². The molecule has 20 heavy (non-hydrogen) atoms. The number of methoxy groups -OCH3 is 1. The van der Waals surface area contributed by atoms with E-state index in [1.807, 2.05) is 6.92 Å². The Morgan fingerprint density at radius 3 is 2.55 bits per heavy atom. The molecule has 0 atom stereocenters. The number of carbonyl (C=O) groups is 2. The lowest BCUT2D eigenvalue weighted by Gasteiger charge is -2.11. The summed E-state index contributed by atoms with van der Waals surface area (Å²) in [5, 5.41) is 4.88. The predicted octanol–water partition coefficient (Wildman–Crippen LogP) is 1.93. The first-order valence-corrected chi connectivity index (χ1v) is 6.27. The lowest BCUT2D eigenvalue weighted by atomic mass is 10.1. The van der Waals surface area contributed by atoms with Crippen molar-refractivity contribution in [2.45, 2.75) is 6.92 Å². The lowest BCUT2D eigenvalue weighted by Crippen LogP contribution is -2.22. The highest BCUT2D eigenvalue weighted by Crippen LogP contribution is 2.34. The SMILES string of the molecule is CCOc1cc(/C=C2\NC(=O)NC2=O)c(Cl)cc1OC. The number of hydrogen-bond donors (Lipinski definition) is 2. The largest absolute Gasteiger partial charge is 0.493 e. The van der Waals surface area contributed by atoms with Crippen molar-refractivity contribution in [3.8, 4) is 11.5 Å². The molecule has 0 spiro atoms. The summed E-state index contributed by atoms with van der Waals surface area (Å²) in [5.74, 6) is 0.509. The first-order chi connectivity index (χ1) is 9.55. The molecule has 2 rings (SSSR count). The molecule has 0 bridgehead atoms. The van der Waals surface area contributed by atoms with E-state index < -0.39 is 11.9 Å². The van der Waals surface area contributed by atoms with Crippen LogP contribution in [0.4, 0.5) is 4.79 Å². The first kappa shape index (κ1) is 14.2. The van der Waals surface area contributed by atoms with Crippen molar-refractivity contribution in [2.24, 2.45) is 0 Å². The van der Waals surface area contributed by atoms with E-state index in [0.717, 1.165) is 0 Å². The summed E-state index contributed by atoms with van der Waals surface area (Å²) in [6.45, 7) is 2.31. The number of rotatable bonds is 4. The van der Waals surface area contributed by atoms with Gasteiger partial charge < -0.3 is 14.8 Å². The molecule has 0 saturated carbocycles. The number of benzene rings is 1. The Hall–Kier alpha value is -2.21. The third kappa shape index (κ3) is 2.85. The zero-order chi connectivity index (χ0) is 14.7. The first-order valence-electron chi connectivity index (χ1n) is 5.89. The Balaban J connectivity index is 2.41. The molecule has 1 aliphatic rings. The monoisotopic (exact) mass is 296 g/mol. The maximum Gasteiger partial charge on any atom is 0.326 e. The molecule has 0 aliphatic carbocycles. The molecule has 0 unspecified atom stereocenters. The molecule has 1 fully saturated rings. The third-order valence-corrected chi connectivity index (χ3v) is 2.93. The van der Waals surface area contributed by atoms with Gasteiger partial charge in [-0.3, -0.25) is 10.1 Å². The number of carbonyl (C=O) groups excluding carboxylic acids is 2. The fraction of sp³-hybridized carbons (Fsp3) is 0.231. The van der Waals surface area contributed by atoms with E-state index in [0.29, 0.717) is 28.7 Å². The second kappa shape index (κ2) is 5.83. The normalized spacial score (nSPS) is 16.1. The predicted molar refractivity (Wildman–Crippen MR) is 73.8 cm³/mol. The fourth-order valence-electron chi connectivity index (χ4n) is 1.73. The van der Waals surface area contributed by atoms with E-state index in [1.165, 1.54) is 13.2 Å². The van der Waals surface area contributed by atoms with Crippen LogP contribution in [-0.2, 0) is 4.79 Å². The van der Waals surface area contributed by atoms with Crippen LogP contribution in [0.1, 0.15) is 12.5 Å². The summed E-state index contributed by atoms with van der Waals surface area (Å²) < 4.78 is 10.6. The molecule has 1 aromatic rings. The standard InChI is InChI=1S/C13H13ClN2O4/c1-3-20-11-5-7(8(14)6-10(11)19-2)4-9-12(17)16-13(18)15-9/h4-6H,3H2,1-2H3,(H2,15,16,17,18)/b9-4-. The number of urea groups is 1. The summed E-state index contributed by atoms with van der Waals surface area (Å²) >= 11 is 6.12. The smallest absolute Gasteiger partial charge is 0.326 e. The van der Waals surface area contributed by atoms with Crippen molar-refractivity contribution < 1.29 is 19.1 Å². The number of hydrogen-bond acceptors (Lipinski definition) is 4. The molecule has 3 amide bonds. The van der Waals surface area contributed by atoms with E-state index >= 15 is 0 Å². The van der Waals surface area contributed by atoms with Gasteiger partial charge >= 0.3 is 6.03 Å². The van der Waals surface area contributed by atoms with Gasteiger partial charge in [-0.05, 0) is 24.6 Å². The Morgan fingerprint density at radius 2 is 2.00 bits per heavy atom. The molecule has 1 aromatic carbocycles. The van der Waals surface area contributed by atoms with Crippen LogP contribution in [-0.4, -0.2) is 25.7 Å². The van der Waals surface area contributed by atoms with Crippen molar-refractivity contribution in [3.63, 3.8) is 0 Å². The number of nitrogens with one attached hydrogen (secondary N) is 2. The fourth-order valence-corrected chi connectivity index (χ4v) is 1.94. The molecule has 7 heteroatoms. The second-order valence-corrected chi connectivity index (χ2v) is 4.33. The number of imide groups is 1. The minimum absolute atomic E-state index is 0.129. The molecule has 0 radical (unpaired) electrons. The number of ether oxygens (including phenoxy) is 2. The summed E-state index contributed by atoms with van der Waals surface area (Å²) in [4.78, 5) is 22.5. The molecule has 2 N–H and O–H groups in total. The molecular formula is C13H13ClN2O4. The van der Waals surface area contributed by atoms with Gasteiger partial charge in [0.2, 0.25) is 0 Å². The van der Waals surface area contributed by atoms with Gasteiger partial charge in [-0.25, -0.2) is 4.79 Å². The van der Waals surface area contributed by atoms with Crippen LogP contribution in [0.2, 0.25) is 5.02 Å². The van der Waals surface area contributed by atoms with Crippen molar-refractivity contribution in [2.75, 3.05) is 13.7 Å². The summed E-state index contributed by atoms with van der Waals surface area (Å²) in [6, 6.07) is 2.68. The van der Waals surface area contributed by atoms with Gasteiger partial charge in [0.05, 0.1) is 18.7 Å². The van der Waals surface area contributed by atoms with Gasteiger partial charge in [-0.1, -0.05) is 11.6 Å². The van der Waals surface area contributed by atoms with Crippen molar-refractivity contribution in [1.82, 2.24) is 10.6 Å². The maximum absolute atomic E-state index is 11.5. The highest BCUT2D eigenvalue weighted by Gasteiger charge is 2.23. The summed E-state index contributed by atoms with van der Waals surface area (Å²) in [5.41, 5.74) is 0.674. The van der Waals surface area contributed by atoms with Crippen molar-refractivity contribution >= 4 is 29.6 Å². The number of amides is 3. The van der Waals surface area contributed by atoms with Crippen LogP contribution in [0, 0.1) is 0 Å². The Kier molecular flexibility index (Phi) is 4.14. The molecule has 1 heterocycles. The zero-order valence-electron chi connectivity index (χ0n) is 11.0. The van der Waals surface area contributed by atoms with Crippen LogP contribution >= 0.6 is 11.6 Å². The van der Waals surface area contributed by atoms with E-state index in [9.17, 15) is 9.59 Å². The van der Waals surface area contributed by atoms with Gasteiger partial charge in [0.1, 0.15) is 5.70 Å². The quantitative estimate of drug-likeness (QED) is 0.657. The van der Waals surface area contributed by atoms with E-state index in [2.05, 4.69) is 10.6 Å². The van der Waals surface area contributed by atoms with Crippen LogP contribution in [0.3, 0.4) is 0 Å². The van der Waals surface area contributed by atoms with E-state index in [1.54, 1.807) is 12.1 Å². The minimum Gasteiger partial charge on any atom is -0.493 e. The topological polar surface area (TPSA) is 76.7 Å². The highest BCUT2D eigenvalue weighted by molar-refractivity contribution is 6.32. The molecule has 0 aromatic heterocycles. The second-order valence-electron chi connectivity index (χ2n) is 3.92. The van der Waals surface area contributed by atoms with Crippen molar-refractivity contribution in [1.29, 1.82) is 0 Å². The Labute approximate surface area is 120 Å². The lowest BCUT2D eigenvalue weighted by molar-refractivity contribution is -0.115. The maximum atomic E-state index is 11.5. The minimum atomic E-state index is -0.559. The average molecular weight is 297 g/mol. The Morgan fingerprint density at radius 1 is 1.25 bits per heavy atom. The van der Waals surface area contributed by atoms with Crippen molar-refractivity contribution in [3.05, 3.63) is 28.4 Å². The summed E-state index contributed by atoms with van der Waals surface area (Å²) in [7, 11) is 1.51. The molecule has 1 aliphatic heterocycles. The van der Waals surface area contributed by atoms with Gasteiger partial charge in [-0.2, -0.15) is 0 Å². The zero-order valence-corrected chi connectivity index (χ0v) is 11.7. The van der Waals surface area contributed by atoms with Crippen LogP contribution in [0.5, 0.6) is 11.5 Å².